The van der Waals surface area contributed by atoms with Crippen LogP contribution in [0.1, 0.15) is 33.1 Å². The Labute approximate surface area is 78.5 Å². The predicted molar refractivity (Wildman–Crippen MR) is 50.5 cm³/mol. The van der Waals surface area contributed by atoms with E-state index < -0.39 is 5.97 Å². The molecule has 0 aromatic rings. The Balaban J connectivity index is 4.02. The average Bonchev–Trinajstić information content (AvgIpc) is 1.96. The van der Waals surface area contributed by atoms with Crippen molar-refractivity contribution < 1.29 is 14.7 Å². The molecule has 0 saturated heterocycles. The lowest BCUT2D eigenvalue weighted by Crippen LogP contribution is -2.10. The van der Waals surface area contributed by atoms with Gasteiger partial charge in [-0.2, -0.15) is 0 Å². The van der Waals surface area contributed by atoms with Crippen LogP contribution in [0.5, 0.6) is 0 Å². The van der Waals surface area contributed by atoms with E-state index in [1.54, 1.807) is 6.92 Å². The average molecular weight is 184 g/mol. The summed E-state index contributed by atoms with van der Waals surface area (Å²) < 4.78 is 0. The van der Waals surface area contributed by atoms with Gasteiger partial charge in [0.1, 0.15) is 5.78 Å². The molecule has 3 heteroatoms. The van der Waals surface area contributed by atoms with Crippen LogP contribution in [0.15, 0.2) is 12.2 Å². The molecule has 0 spiro atoms. The van der Waals surface area contributed by atoms with Crippen LogP contribution in [0.2, 0.25) is 0 Å². The van der Waals surface area contributed by atoms with E-state index in [9.17, 15) is 9.59 Å². The van der Waals surface area contributed by atoms with Gasteiger partial charge >= 0.3 is 5.97 Å². The molecule has 1 unspecified atom stereocenters. The van der Waals surface area contributed by atoms with Crippen molar-refractivity contribution in [3.05, 3.63) is 12.2 Å². The first-order valence-electron chi connectivity index (χ1n) is 4.30. The maximum absolute atomic E-state index is 10.7. The van der Waals surface area contributed by atoms with E-state index >= 15 is 0 Å². The maximum Gasteiger partial charge on any atom is 0.303 e. The van der Waals surface area contributed by atoms with E-state index in [0.29, 0.717) is 12.8 Å². The van der Waals surface area contributed by atoms with Crippen molar-refractivity contribution in [3.63, 3.8) is 0 Å². The van der Waals surface area contributed by atoms with E-state index in [1.165, 1.54) is 6.92 Å². The molecule has 0 heterocycles. The molecule has 0 bridgehead atoms. The number of carbonyl (C=O) groups excluding carboxylic acids is 1. The van der Waals surface area contributed by atoms with Gasteiger partial charge in [-0.25, -0.2) is 0 Å². The highest BCUT2D eigenvalue weighted by Gasteiger charge is 2.14. The minimum absolute atomic E-state index is 0.0681. The second-order valence-electron chi connectivity index (χ2n) is 3.38. The van der Waals surface area contributed by atoms with Crippen LogP contribution in [-0.4, -0.2) is 16.9 Å². The van der Waals surface area contributed by atoms with Gasteiger partial charge in [-0.3, -0.25) is 4.79 Å². The number of carboxylic acids is 1. The minimum Gasteiger partial charge on any atom is -0.481 e. The number of allylic oxidation sites excluding steroid dienone is 1. The quantitative estimate of drug-likeness (QED) is 0.642. The lowest BCUT2D eigenvalue weighted by molar-refractivity contribution is -0.138. The van der Waals surface area contributed by atoms with Gasteiger partial charge in [0.25, 0.3) is 0 Å². The van der Waals surface area contributed by atoms with Gasteiger partial charge in [0.15, 0.2) is 0 Å². The molecular weight excluding hydrogens is 168 g/mol. The first-order valence-corrected chi connectivity index (χ1v) is 4.30. The Morgan fingerprint density at radius 2 is 1.92 bits per heavy atom. The van der Waals surface area contributed by atoms with Crippen LogP contribution in [0.4, 0.5) is 0 Å². The number of hydrogen-bond acceptors (Lipinski definition) is 2. The molecule has 3 nitrogen and oxygen atoms in total. The molecule has 0 radical (unpaired) electrons. The van der Waals surface area contributed by atoms with E-state index in [1.807, 2.05) is 0 Å². The molecule has 0 aromatic carbocycles. The molecule has 0 rings (SSSR count). The second kappa shape index (κ2) is 5.51. The van der Waals surface area contributed by atoms with Crippen molar-refractivity contribution in [1.82, 2.24) is 0 Å². The number of carboxylic acid groups (broad SMARTS) is 1. The maximum atomic E-state index is 10.7. The van der Waals surface area contributed by atoms with E-state index in [2.05, 4.69) is 6.58 Å². The Hall–Kier alpha value is -1.12. The van der Waals surface area contributed by atoms with Gasteiger partial charge in [-0.05, 0) is 26.2 Å². The summed E-state index contributed by atoms with van der Waals surface area (Å²) in [4.78, 5) is 21.1. The SMILES string of the molecule is C=C(C)C(CCC(C)=O)CC(=O)O. The highest BCUT2D eigenvalue weighted by Crippen LogP contribution is 2.19. The van der Waals surface area contributed by atoms with Gasteiger partial charge < -0.3 is 9.90 Å². The highest BCUT2D eigenvalue weighted by atomic mass is 16.4. The summed E-state index contributed by atoms with van der Waals surface area (Å²) in [6.07, 6.45) is 1.10. The molecule has 74 valence electrons. The summed E-state index contributed by atoms with van der Waals surface area (Å²) >= 11 is 0. The van der Waals surface area contributed by atoms with Crippen LogP contribution in [0.25, 0.3) is 0 Å². The van der Waals surface area contributed by atoms with Crippen molar-refractivity contribution in [2.45, 2.75) is 33.1 Å². The normalized spacial score (nSPS) is 12.2. The largest absolute Gasteiger partial charge is 0.481 e. The molecule has 0 aromatic heterocycles. The number of hydrogen-bond donors (Lipinski definition) is 1. The molecular formula is C10H16O3. The monoisotopic (exact) mass is 184 g/mol. The smallest absolute Gasteiger partial charge is 0.303 e. The Bertz CT molecular complexity index is 218. The zero-order valence-electron chi connectivity index (χ0n) is 8.17. The number of carbonyl (C=O) groups is 2. The molecule has 0 aliphatic carbocycles. The van der Waals surface area contributed by atoms with E-state index in [0.717, 1.165) is 5.57 Å². The fourth-order valence-corrected chi connectivity index (χ4v) is 1.11. The lowest BCUT2D eigenvalue weighted by Gasteiger charge is -2.13. The van der Waals surface area contributed by atoms with E-state index in [-0.39, 0.29) is 18.1 Å². The van der Waals surface area contributed by atoms with Gasteiger partial charge in [0.05, 0.1) is 6.42 Å². The third-order valence-electron chi connectivity index (χ3n) is 1.96. The number of rotatable bonds is 6. The molecule has 0 saturated carbocycles. The van der Waals surface area contributed by atoms with Gasteiger partial charge in [0, 0.05) is 6.42 Å². The summed E-state index contributed by atoms with van der Waals surface area (Å²) in [5.74, 6) is -0.811. The van der Waals surface area contributed by atoms with Crippen LogP contribution in [0.3, 0.4) is 0 Å². The number of Topliss-reactive ketones (excluding diaryl/α,β-unsaturated/α-hetero) is 1. The first kappa shape index (κ1) is 11.9. The van der Waals surface area contributed by atoms with Crippen molar-refractivity contribution in [2.24, 2.45) is 5.92 Å². The fraction of sp³-hybridized carbons (Fsp3) is 0.600. The molecule has 0 fully saturated rings. The molecule has 1 N–H and O–H groups in total. The molecule has 0 amide bonds. The number of aliphatic carboxylic acids is 1. The fourth-order valence-electron chi connectivity index (χ4n) is 1.11. The number of ketones is 1. The van der Waals surface area contributed by atoms with Crippen LogP contribution < -0.4 is 0 Å². The third-order valence-corrected chi connectivity index (χ3v) is 1.96. The zero-order chi connectivity index (χ0) is 10.4. The summed E-state index contributed by atoms with van der Waals surface area (Å²) in [5.41, 5.74) is 0.837. The Morgan fingerprint density at radius 3 is 2.23 bits per heavy atom. The summed E-state index contributed by atoms with van der Waals surface area (Å²) in [6, 6.07) is 0. The van der Waals surface area contributed by atoms with Crippen LogP contribution in [0, 0.1) is 5.92 Å². The van der Waals surface area contributed by atoms with E-state index in [4.69, 9.17) is 5.11 Å². The second-order valence-corrected chi connectivity index (χ2v) is 3.38. The molecule has 1 atom stereocenters. The zero-order valence-corrected chi connectivity index (χ0v) is 8.17. The first-order chi connectivity index (χ1) is 5.93. The summed E-state index contributed by atoms with van der Waals surface area (Å²) in [5, 5.41) is 8.57. The van der Waals surface area contributed by atoms with Gasteiger partial charge in [-0.1, -0.05) is 12.2 Å². The molecule has 0 aliphatic heterocycles. The molecule has 0 aliphatic rings. The lowest BCUT2D eigenvalue weighted by atomic mass is 9.92. The van der Waals surface area contributed by atoms with Crippen molar-refractivity contribution >= 4 is 11.8 Å². The van der Waals surface area contributed by atoms with Crippen molar-refractivity contribution in [1.29, 1.82) is 0 Å². The van der Waals surface area contributed by atoms with Gasteiger partial charge in [-0.15, -0.1) is 0 Å². The predicted octanol–water partition coefficient (Wildman–Crippen LogP) is 2.02. The van der Waals surface area contributed by atoms with Crippen LogP contribution >= 0.6 is 0 Å². The van der Waals surface area contributed by atoms with Crippen molar-refractivity contribution in [3.8, 4) is 0 Å². The Morgan fingerprint density at radius 1 is 1.38 bits per heavy atom. The van der Waals surface area contributed by atoms with Crippen LogP contribution in [-0.2, 0) is 9.59 Å². The van der Waals surface area contributed by atoms with Crippen molar-refractivity contribution in [2.75, 3.05) is 0 Å². The van der Waals surface area contributed by atoms with Gasteiger partial charge in [0.2, 0.25) is 0 Å². The Kier molecular flexibility index (Phi) is 5.04. The minimum atomic E-state index is -0.837. The summed E-state index contributed by atoms with van der Waals surface area (Å²) in [6.45, 7) is 7.02. The molecule has 13 heavy (non-hydrogen) atoms. The summed E-state index contributed by atoms with van der Waals surface area (Å²) in [7, 11) is 0. The standard InChI is InChI=1S/C10H16O3/c1-7(2)9(6-10(12)13)5-4-8(3)11/h9H,1,4-6H2,2-3H3,(H,12,13). The topological polar surface area (TPSA) is 54.4 Å². The highest BCUT2D eigenvalue weighted by molar-refractivity contribution is 5.75. The third kappa shape index (κ3) is 6.08.